The second-order valence-corrected chi connectivity index (χ2v) is 11.9. The van der Waals surface area contributed by atoms with Crippen molar-refractivity contribution in [3.63, 3.8) is 0 Å². The summed E-state index contributed by atoms with van der Waals surface area (Å²) in [6.45, 7) is 2.63. The third-order valence-electron chi connectivity index (χ3n) is 5.92. The van der Waals surface area contributed by atoms with E-state index < -0.39 is 51.5 Å². The van der Waals surface area contributed by atoms with E-state index in [0.29, 0.717) is 36.8 Å². The van der Waals surface area contributed by atoms with Gasteiger partial charge in [-0.3, -0.25) is 33.2 Å². The van der Waals surface area contributed by atoms with E-state index in [4.69, 9.17) is 24.4 Å². The average Bonchev–Trinajstić information content (AvgIpc) is 3.51. The number of aryl methyl sites for hydroxylation is 2. The molecule has 2 aliphatic rings. The van der Waals surface area contributed by atoms with Crippen molar-refractivity contribution in [3.05, 3.63) is 65.2 Å². The van der Waals surface area contributed by atoms with Crippen molar-refractivity contribution in [2.75, 3.05) is 13.2 Å². The minimum atomic E-state index is -5.18. The Hall–Kier alpha value is -2.50. The number of nitrogens with one attached hydrogen (secondary N) is 2. The van der Waals surface area contributed by atoms with Crippen molar-refractivity contribution in [1.82, 2.24) is 19.1 Å². The maximum Gasteiger partial charge on any atom is 0.481 e. The second-order valence-electron chi connectivity index (χ2n) is 9.06. The standard InChI is InChI=1S/C10H16N2O10P2.C10H14N2O4/c1-6-4-12(10(14)11-9(6)13)8-3-2-7(21-8)5-20-24(18,19)22-23(15,16)17;1-6-4-12(10(15)11-9(6)14)8-3-2-7(5-13)16-8/h4,7-8H,2-3,5H2,1H3,(H,18,19)(H,11,13,14)(H2,15,16,17);4,7-8,13H,2-3,5H2,1H3,(H,11,14,15)/t2*7-,8+/m00/s1. The minimum absolute atomic E-state index is 0.0480. The van der Waals surface area contributed by atoms with E-state index in [-0.39, 0.29) is 24.5 Å². The third-order valence-corrected chi connectivity index (χ3v) is 8.07. The number of hydrogen-bond acceptors (Lipinski definition) is 11. The number of phosphoric ester groups is 1. The Morgan fingerprint density at radius 2 is 1.30 bits per heavy atom. The average molecular weight is 612 g/mol. The summed E-state index contributed by atoms with van der Waals surface area (Å²) in [7, 11) is -10.1. The van der Waals surface area contributed by atoms with Crippen molar-refractivity contribution < 1.29 is 47.2 Å². The van der Waals surface area contributed by atoms with Gasteiger partial charge in [0.2, 0.25) is 0 Å². The molecule has 224 valence electrons. The van der Waals surface area contributed by atoms with Gasteiger partial charge in [0.15, 0.2) is 0 Å². The van der Waals surface area contributed by atoms with Gasteiger partial charge >= 0.3 is 27.0 Å². The number of phosphoric acid groups is 2. The first-order chi connectivity index (χ1) is 18.6. The first-order valence-electron chi connectivity index (χ1n) is 11.9. The van der Waals surface area contributed by atoms with Crippen molar-refractivity contribution in [3.8, 4) is 0 Å². The highest BCUT2D eigenvalue weighted by Crippen LogP contribution is 2.57. The van der Waals surface area contributed by atoms with Crippen LogP contribution in [0.3, 0.4) is 0 Å². The summed E-state index contributed by atoms with van der Waals surface area (Å²) < 4.78 is 43.5. The summed E-state index contributed by atoms with van der Waals surface area (Å²) in [6, 6.07) is 0. The number of aromatic nitrogens is 4. The Balaban J connectivity index is 0.000000238. The molecule has 2 fully saturated rings. The van der Waals surface area contributed by atoms with Crippen LogP contribution >= 0.6 is 15.6 Å². The van der Waals surface area contributed by atoms with Crippen LogP contribution in [0.4, 0.5) is 0 Å². The van der Waals surface area contributed by atoms with Gasteiger partial charge in [-0.1, -0.05) is 0 Å². The van der Waals surface area contributed by atoms with Gasteiger partial charge < -0.3 is 29.3 Å². The van der Waals surface area contributed by atoms with Crippen molar-refractivity contribution in [2.24, 2.45) is 0 Å². The van der Waals surface area contributed by atoms with Crippen LogP contribution in [-0.2, 0) is 27.4 Å². The monoisotopic (exact) mass is 612 g/mol. The van der Waals surface area contributed by atoms with Crippen LogP contribution in [0.5, 0.6) is 0 Å². The van der Waals surface area contributed by atoms with Gasteiger partial charge in [-0.05, 0) is 39.5 Å². The number of ether oxygens (including phenoxy) is 2. The molecule has 18 nitrogen and oxygen atoms in total. The van der Waals surface area contributed by atoms with Crippen LogP contribution in [0.25, 0.3) is 0 Å². The van der Waals surface area contributed by atoms with Gasteiger partial charge in [-0.2, -0.15) is 4.31 Å². The second kappa shape index (κ2) is 13.0. The molecule has 0 amide bonds. The molecule has 40 heavy (non-hydrogen) atoms. The fourth-order valence-corrected chi connectivity index (χ4v) is 5.59. The summed E-state index contributed by atoms with van der Waals surface area (Å²) in [5, 5.41) is 8.93. The summed E-state index contributed by atoms with van der Waals surface area (Å²) in [4.78, 5) is 76.3. The molecule has 2 aromatic rings. The number of hydrogen-bond donors (Lipinski definition) is 6. The van der Waals surface area contributed by atoms with Crippen LogP contribution < -0.4 is 22.5 Å². The minimum Gasteiger partial charge on any atom is -0.394 e. The molecule has 0 radical (unpaired) electrons. The quantitative estimate of drug-likeness (QED) is 0.201. The van der Waals surface area contributed by atoms with Crippen LogP contribution in [0.1, 0.15) is 49.3 Å². The first kappa shape index (κ1) is 32.0. The molecule has 0 aromatic carbocycles. The van der Waals surface area contributed by atoms with Gasteiger partial charge in [0, 0.05) is 23.5 Å². The van der Waals surface area contributed by atoms with Crippen LogP contribution in [0.15, 0.2) is 31.6 Å². The summed E-state index contributed by atoms with van der Waals surface area (Å²) in [5.74, 6) is 0. The molecule has 4 rings (SSSR count). The van der Waals surface area contributed by atoms with Gasteiger partial charge in [-0.15, -0.1) is 0 Å². The molecule has 0 bridgehead atoms. The molecule has 4 heterocycles. The maximum absolute atomic E-state index is 11.8. The number of aliphatic hydroxyl groups excluding tert-OH is 1. The maximum atomic E-state index is 11.8. The van der Waals surface area contributed by atoms with Gasteiger partial charge in [-0.25, -0.2) is 18.7 Å². The predicted octanol–water partition coefficient (Wildman–Crippen LogP) is -0.736. The zero-order valence-electron chi connectivity index (χ0n) is 21.4. The molecule has 1 unspecified atom stereocenters. The first-order valence-corrected chi connectivity index (χ1v) is 14.9. The molecule has 0 aliphatic carbocycles. The molecule has 0 saturated carbocycles. The largest absolute Gasteiger partial charge is 0.481 e. The highest BCUT2D eigenvalue weighted by molar-refractivity contribution is 7.60. The predicted molar refractivity (Wildman–Crippen MR) is 134 cm³/mol. The number of rotatable bonds is 8. The highest BCUT2D eigenvalue weighted by atomic mass is 31.3. The van der Waals surface area contributed by atoms with E-state index >= 15 is 0 Å². The van der Waals surface area contributed by atoms with Crippen LogP contribution in [-0.4, -0.2) is 64.3 Å². The Morgan fingerprint density at radius 3 is 1.73 bits per heavy atom. The third kappa shape index (κ3) is 8.75. The SMILES string of the molecule is Cc1cn([C@H]2CC[C@@H](CO)O2)c(=O)[nH]c1=O.Cc1cn([C@H]2CC[C@@H](COP(=O)(O)OP(=O)(O)O)O2)c(=O)[nH]c1=O. The topological polar surface area (TPSA) is 262 Å². The van der Waals surface area contributed by atoms with E-state index in [1.165, 1.54) is 28.5 Å². The highest BCUT2D eigenvalue weighted by Gasteiger charge is 2.35. The fourth-order valence-electron chi connectivity index (χ4n) is 3.98. The number of aromatic amines is 2. The molecule has 2 aliphatic heterocycles. The van der Waals surface area contributed by atoms with Crippen molar-refractivity contribution >= 4 is 15.6 Å². The van der Waals surface area contributed by atoms with Crippen molar-refractivity contribution in [1.29, 1.82) is 0 Å². The molecular formula is C20H30N4O14P2. The van der Waals surface area contributed by atoms with Crippen LogP contribution in [0.2, 0.25) is 0 Å². The Kier molecular flexibility index (Phi) is 10.4. The lowest BCUT2D eigenvalue weighted by Gasteiger charge is -2.17. The molecule has 5 atom stereocenters. The number of H-pyrrole nitrogens is 2. The lowest BCUT2D eigenvalue weighted by molar-refractivity contribution is -0.0247. The van der Waals surface area contributed by atoms with Crippen molar-refractivity contribution in [2.45, 2.75) is 64.2 Å². The van der Waals surface area contributed by atoms with E-state index in [1.807, 2.05) is 0 Å². The van der Waals surface area contributed by atoms with E-state index in [2.05, 4.69) is 18.8 Å². The normalized spacial score (nSPS) is 24.4. The van der Waals surface area contributed by atoms with Gasteiger partial charge in [0.1, 0.15) is 12.5 Å². The number of aliphatic hydroxyl groups is 1. The summed E-state index contributed by atoms with van der Waals surface area (Å²) >= 11 is 0. The van der Waals surface area contributed by atoms with Gasteiger partial charge in [0.05, 0.1) is 25.4 Å². The zero-order chi connectivity index (χ0) is 29.8. The molecule has 2 saturated heterocycles. The molecule has 20 heteroatoms. The van der Waals surface area contributed by atoms with Crippen LogP contribution in [0, 0.1) is 13.8 Å². The lowest BCUT2D eigenvalue weighted by Crippen LogP contribution is -2.33. The zero-order valence-corrected chi connectivity index (χ0v) is 23.2. The molecule has 2 aromatic heterocycles. The Bertz CT molecular complexity index is 1520. The smallest absolute Gasteiger partial charge is 0.394 e. The fraction of sp³-hybridized carbons (Fsp3) is 0.600. The van der Waals surface area contributed by atoms with E-state index in [1.54, 1.807) is 6.92 Å². The lowest BCUT2D eigenvalue weighted by atomic mass is 10.2. The Labute approximate surface area is 225 Å². The summed E-state index contributed by atoms with van der Waals surface area (Å²) in [5.41, 5.74) is -1.24. The van der Waals surface area contributed by atoms with E-state index in [9.17, 15) is 33.2 Å². The number of nitrogens with zero attached hydrogens (tertiary/aromatic N) is 2. The van der Waals surface area contributed by atoms with E-state index in [0.717, 1.165) is 0 Å². The molecular weight excluding hydrogens is 582 g/mol. The molecule has 6 N–H and O–H groups in total. The Morgan fingerprint density at radius 1 is 0.850 bits per heavy atom. The van der Waals surface area contributed by atoms with Gasteiger partial charge in [0.25, 0.3) is 11.1 Å². The summed E-state index contributed by atoms with van der Waals surface area (Å²) in [6.07, 6.45) is 2.91. The molecule has 0 spiro atoms.